The summed E-state index contributed by atoms with van der Waals surface area (Å²) < 4.78 is 0. The minimum atomic E-state index is -0.331. The van der Waals surface area contributed by atoms with Crippen molar-refractivity contribution < 1.29 is 5.11 Å². The van der Waals surface area contributed by atoms with Crippen LogP contribution in [-0.4, -0.2) is 23.9 Å². The predicted molar refractivity (Wildman–Crippen MR) is 68.8 cm³/mol. The number of benzene rings is 1. The standard InChI is InChI=1S/C13H19NOS/c1-16-12-6-2-10(3-7-12)13(15)8-9-14-11-4-5-11/h2-3,6-7,11,13-15H,4-5,8-9H2,1H3. The summed E-state index contributed by atoms with van der Waals surface area (Å²) in [6.07, 6.45) is 5.14. The van der Waals surface area contributed by atoms with Gasteiger partial charge in [0, 0.05) is 10.9 Å². The first-order valence-electron chi connectivity index (χ1n) is 5.85. The van der Waals surface area contributed by atoms with E-state index in [0.717, 1.165) is 24.6 Å². The van der Waals surface area contributed by atoms with Crippen molar-refractivity contribution in [2.45, 2.75) is 36.3 Å². The molecule has 1 aliphatic rings. The molecule has 0 bridgehead atoms. The Morgan fingerprint density at radius 1 is 1.38 bits per heavy atom. The van der Waals surface area contributed by atoms with Crippen molar-refractivity contribution in [3.05, 3.63) is 29.8 Å². The summed E-state index contributed by atoms with van der Waals surface area (Å²) in [5.74, 6) is 0. The average Bonchev–Trinajstić information content (AvgIpc) is 3.13. The first kappa shape index (κ1) is 12.0. The molecule has 1 aromatic carbocycles. The van der Waals surface area contributed by atoms with Crippen LogP contribution in [0.2, 0.25) is 0 Å². The Balaban J connectivity index is 1.79. The van der Waals surface area contributed by atoms with Crippen molar-refractivity contribution in [3.63, 3.8) is 0 Å². The Kier molecular flexibility index (Phi) is 4.27. The molecule has 0 aromatic heterocycles. The van der Waals surface area contributed by atoms with Crippen molar-refractivity contribution in [2.75, 3.05) is 12.8 Å². The number of thioether (sulfide) groups is 1. The number of hydrogen-bond donors (Lipinski definition) is 2. The lowest BCUT2D eigenvalue weighted by atomic mass is 10.1. The lowest BCUT2D eigenvalue weighted by Gasteiger charge is -2.11. The van der Waals surface area contributed by atoms with Crippen LogP contribution in [-0.2, 0) is 0 Å². The van der Waals surface area contributed by atoms with Crippen LogP contribution < -0.4 is 5.32 Å². The van der Waals surface area contributed by atoms with E-state index in [1.165, 1.54) is 17.7 Å². The van der Waals surface area contributed by atoms with E-state index in [-0.39, 0.29) is 6.10 Å². The van der Waals surface area contributed by atoms with Crippen LogP contribution >= 0.6 is 11.8 Å². The normalized spacial score (nSPS) is 17.4. The van der Waals surface area contributed by atoms with E-state index >= 15 is 0 Å². The van der Waals surface area contributed by atoms with Crippen LogP contribution in [0, 0.1) is 0 Å². The molecule has 1 saturated carbocycles. The third-order valence-electron chi connectivity index (χ3n) is 2.93. The predicted octanol–water partition coefficient (Wildman–Crippen LogP) is 2.58. The van der Waals surface area contributed by atoms with Crippen molar-refractivity contribution in [1.29, 1.82) is 0 Å². The molecule has 1 aliphatic carbocycles. The quantitative estimate of drug-likeness (QED) is 0.746. The van der Waals surface area contributed by atoms with Gasteiger partial charge in [-0.15, -0.1) is 11.8 Å². The molecule has 16 heavy (non-hydrogen) atoms. The van der Waals surface area contributed by atoms with Crippen LogP contribution in [0.15, 0.2) is 29.2 Å². The number of rotatable bonds is 6. The Morgan fingerprint density at radius 2 is 2.06 bits per heavy atom. The zero-order chi connectivity index (χ0) is 11.4. The minimum Gasteiger partial charge on any atom is -0.388 e. The molecular formula is C13H19NOS. The second-order valence-electron chi connectivity index (χ2n) is 4.31. The van der Waals surface area contributed by atoms with Crippen molar-refractivity contribution in [3.8, 4) is 0 Å². The Bertz CT molecular complexity index is 321. The number of aliphatic hydroxyl groups is 1. The van der Waals surface area contributed by atoms with Gasteiger partial charge < -0.3 is 10.4 Å². The van der Waals surface area contributed by atoms with E-state index in [1.54, 1.807) is 11.8 Å². The zero-order valence-corrected chi connectivity index (χ0v) is 10.5. The summed E-state index contributed by atoms with van der Waals surface area (Å²) in [4.78, 5) is 1.24. The highest BCUT2D eigenvalue weighted by molar-refractivity contribution is 7.98. The van der Waals surface area contributed by atoms with Crippen LogP contribution in [0.4, 0.5) is 0 Å². The summed E-state index contributed by atoms with van der Waals surface area (Å²) in [6, 6.07) is 8.90. The second kappa shape index (κ2) is 5.71. The maximum absolute atomic E-state index is 9.97. The fourth-order valence-corrected chi connectivity index (χ4v) is 2.11. The molecule has 1 atom stereocenters. The van der Waals surface area contributed by atoms with Gasteiger partial charge in [-0.25, -0.2) is 0 Å². The van der Waals surface area contributed by atoms with Gasteiger partial charge in [-0.2, -0.15) is 0 Å². The Hall–Kier alpha value is -0.510. The van der Waals surface area contributed by atoms with Gasteiger partial charge in [-0.1, -0.05) is 12.1 Å². The smallest absolute Gasteiger partial charge is 0.0802 e. The van der Waals surface area contributed by atoms with E-state index in [4.69, 9.17) is 0 Å². The summed E-state index contributed by atoms with van der Waals surface area (Å²) >= 11 is 1.73. The van der Waals surface area contributed by atoms with Gasteiger partial charge in [0.05, 0.1) is 6.10 Å². The average molecular weight is 237 g/mol. The van der Waals surface area contributed by atoms with Crippen LogP contribution in [0.3, 0.4) is 0 Å². The summed E-state index contributed by atoms with van der Waals surface area (Å²) in [7, 11) is 0. The SMILES string of the molecule is CSc1ccc(C(O)CCNC2CC2)cc1. The molecule has 0 spiro atoms. The molecule has 1 aromatic rings. The molecule has 0 amide bonds. The molecule has 88 valence electrons. The van der Waals surface area contributed by atoms with Crippen LogP contribution in [0.1, 0.15) is 30.9 Å². The molecule has 0 radical (unpaired) electrons. The molecule has 0 heterocycles. The molecular weight excluding hydrogens is 218 g/mol. The lowest BCUT2D eigenvalue weighted by molar-refractivity contribution is 0.166. The van der Waals surface area contributed by atoms with Crippen LogP contribution in [0.5, 0.6) is 0 Å². The van der Waals surface area contributed by atoms with Gasteiger partial charge in [0.15, 0.2) is 0 Å². The first-order valence-corrected chi connectivity index (χ1v) is 7.07. The second-order valence-corrected chi connectivity index (χ2v) is 5.19. The molecule has 3 heteroatoms. The van der Waals surface area contributed by atoms with Gasteiger partial charge in [0.2, 0.25) is 0 Å². The van der Waals surface area contributed by atoms with E-state index in [2.05, 4.69) is 23.7 Å². The highest BCUT2D eigenvalue weighted by Gasteiger charge is 2.20. The summed E-state index contributed by atoms with van der Waals surface area (Å²) in [5, 5.41) is 13.4. The van der Waals surface area contributed by atoms with Crippen molar-refractivity contribution in [1.82, 2.24) is 5.32 Å². The third kappa shape index (κ3) is 3.51. The highest BCUT2D eigenvalue weighted by Crippen LogP contribution is 2.22. The largest absolute Gasteiger partial charge is 0.388 e. The van der Waals surface area contributed by atoms with Gasteiger partial charge in [0.1, 0.15) is 0 Å². The zero-order valence-electron chi connectivity index (χ0n) is 9.65. The molecule has 1 fully saturated rings. The lowest BCUT2D eigenvalue weighted by Crippen LogP contribution is -2.19. The first-order chi connectivity index (χ1) is 7.79. The summed E-state index contributed by atoms with van der Waals surface area (Å²) in [6.45, 7) is 0.913. The molecule has 2 rings (SSSR count). The Labute approximate surface area is 101 Å². The molecule has 2 N–H and O–H groups in total. The van der Waals surface area contributed by atoms with Crippen molar-refractivity contribution in [2.24, 2.45) is 0 Å². The van der Waals surface area contributed by atoms with Gasteiger partial charge in [-0.3, -0.25) is 0 Å². The summed E-state index contributed by atoms with van der Waals surface area (Å²) in [5.41, 5.74) is 1.02. The fraction of sp³-hybridized carbons (Fsp3) is 0.538. The molecule has 0 aliphatic heterocycles. The number of aliphatic hydroxyl groups excluding tert-OH is 1. The molecule has 1 unspecified atom stereocenters. The van der Waals surface area contributed by atoms with E-state index in [9.17, 15) is 5.11 Å². The third-order valence-corrected chi connectivity index (χ3v) is 3.67. The van der Waals surface area contributed by atoms with E-state index in [1.807, 2.05) is 12.1 Å². The van der Waals surface area contributed by atoms with Gasteiger partial charge in [-0.05, 0) is 49.8 Å². The van der Waals surface area contributed by atoms with Gasteiger partial charge in [0.25, 0.3) is 0 Å². The van der Waals surface area contributed by atoms with E-state index < -0.39 is 0 Å². The molecule has 2 nitrogen and oxygen atoms in total. The monoisotopic (exact) mass is 237 g/mol. The maximum atomic E-state index is 9.97. The molecule has 0 saturated heterocycles. The highest BCUT2D eigenvalue weighted by atomic mass is 32.2. The minimum absolute atomic E-state index is 0.331. The van der Waals surface area contributed by atoms with Gasteiger partial charge >= 0.3 is 0 Å². The van der Waals surface area contributed by atoms with E-state index in [0.29, 0.717) is 0 Å². The maximum Gasteiger partial charge on any atom is 0.0802 e. The number of nitrogens with one attached hydrogen (secondary N) is 1. The van der Waals surface area contributed by atoms with Crippen molar-refractivity contribution >= 4 is 11.8 Å². The fourth-order valence-electron chi connectivity index (χ4n) is 1.70. The van der Waals surface area contributed by atoms with Crippen LogP contribution in [0.25, 0.3) is 0 Å². The number of hydrogen-bond acceptors (Lipinski definition) is 3. The Morgan fingerprint density at radius 3 is 2.62 bits per heavy atom. The topological polar surface area (TPSA) is 32.3 Å².